The first-order chi connectivity index (χ1) is 8.65. The van der Waals surface area contributed by atoms with E-state index in [-0.39, 0.29) is 5.91 Å². The number of nitrogens with zero attached hydrogens (tertiary/aromatic N) is 3. The second-order valence-corrected chi connectivity index (χ2v) is 5.21. The van der Waals surface area contributed by atoms with Crippen molar-refractivity contribution in [2.45, 2.75) is 33.2 Å². The number of aryl methyl sites for hydroxylation is 2. The lowest BCUT2D eigenvalue weighted by molar-refractivity contribution is 0.0672. The molecule has 2 rings (SSSR count). The second kappa shape index (κ2) is 5.74. The Morgan fingerprint density at radius 1 is 1.61 bits per heavy atom. The molecule has 0 aromatic carbocycles. The zero-order chi connectivity index (χ0) is 13.1. The monoisotopic (exact) mass is 269 g/mol. The first-order valence-corrected chi connectivity index (χ1v) is 7.08. The molecule has 2 heterocycles. The van der Waals surface area contributed by atoms with Crippen molar-refractivity contribution in [2.24, 2.45) is 5.92 Å². The van der Waals surface area contributed by atoms with Gasteiger partial charge < -0.3 is 4.90 Å². The summed E-state index contributed by atoms with van der Waals surface area (Å²) < 4.78 is 1.78. The van der Waals surface area contributed by atoms with Crippen LogP contribution in [0.5, 0.6) is 0 Å². The summed E-state index contributed by atoms with van der Waals surface area (Å²) in [5.41, 5.74) is 1.59. The van der Waals surface area contributed by atoms with Crippen LogP contribution in [0.1, 0.15) is 35.9 Å². The molecule has 0 N–H and O–H groups in total. The van der Waals surface area contributed by atoms with Crippen molar-refractivity contribution in [1.29, 1.82) is 0 Å². The molecule has 0 radical (unpaired) electrons. The maximum Gasteiger partial charge on any atom is 0.272 e. The van der Waals surface area contributed by atoms with E-state index in [1.54, 1.807) is 4.68 Å². The van der Waals surface area contributed by atoms with Crippen molar-refractivity contribution in [3.63, 3.8) is 0 Å². The van der Waals surface area contributed by atoms with Crippen molar-refractivity contribution in [2.75, 3.05) is 19.0 Å². The number of alkyl halides is 1. The van der Waals surface area contributed by atoms with Crippen LogP contribution in [0.15, 0.2) is 6.07 Å². The average molecular weight is 270 g/mol. The van der Waals surface area contributed by atoms with Crippen LogP contribution in [0.4, 0.5) is 0 Å². The number of piperidine rings is 1. The summed E-state index contributed by atoms with van der Waals surface area (Å²) in [6, 6.07) is 1.87. The van der Waals surface area contributed by atoms with Crippen molar-refractivity contribution in [3.05, 3.63) is 17.5 Å². The molecule has 1 atom stereocenters. The van der Waals surface area contributed by atoms with Gasteiger partial charge in [0.15, 0.2) is 0 Å². The van der Waals surface area contributed by atoms with Crippen LogP contribution in [0.2, 0.25) is 0 Å². The molecular formula is C13H20ClN3O. The van der Waals surface area contributed by atoms with Crippen molar-refractivity contribution < 1.29 is 4.79 Å². The third kappa shape index (κ3) is 2.69. The van der Waals surface area contributed by atoms with Crippen LogP contribution in [-0.4, -0.2) is 39.6 Å². The summed E-state index contributed by atoms with van der Waals surface area (Å²) in [5, 5.41) is 4.33. The fraction of sp³-hybridized carbons (Fsp3) is 0.692. The molecular weight excluding hydrogens is 250 g/mol. The normalized spacial score (nSPS) is 20.2. The second-order valence-electron chi connectivity index (χ2n) is 4.90. The van der Waals surface area contributed by atoms with E-state index >= 15 is 0 Å². The van der Waals surface area contributed by atoms with E-state index in [1.807, 2.05) is 24.8 Å². The largest absolute Gasteiger partial charge is 0.337 e. The Morgan fingerprint density at radius 3 is 3.06 bits per heavy atom. The summed E-state index contributed by atoms with van der Waals surface area (Å²) in [5.74, 6) is 1.16. The zero-order valence-corrected chi connectivity index (χ0v) is 11.8. The maximum atomic E-state index is 12.5. The number of carbonyl (C=O) groups excluding carboxylic acids is 1. The van der Waals surface area contributed by atoms with Crippen LogP contribution in [0.25, 0.3) is 0 Å². The number of aromatic nitrogens is 2. The zero-order valence-electron chi connectivity index (χ0n) is 11.0. The number of halogens is 1. The summed E-state index contributed by atoms with van der Waals surface area (Å²) in [6.45, 7) is 6.25. The van der Waals surface area contributed by atoms with Gasteiger partial charge in [-0.15, -0.1) is 11.6 Å². The Bertz CT molecular complexity index is 430. The van der Waals surface area contributed by atoms with E-state index in [0.717, 1.165) is 38.2 Å². The highest BCUT2D eigenvalue weighted by Gasteiger charge is 2.26. The van der Waals surface area contributed by atoms with Gasteiger partial charge in [0.05, 0.1) is 5.69 Å². The third-order valence-electron chi connectivity index (χ3n) is 3.45. The van der Waals surface area contributed by atoms with E-state index in [4.69, 9.17) is 11.6 Å². The van der Waals surface area contributed by atoms with E-state index < -0.39 is 0 Å². The predicted octanol–water partition coefficient (Wildman–Crippen LogP) is 2.30. The standard InChI is InChI=1S/C13H20ClN3O/c1-3-17-12(7-10(2)15-17)13(18)16-6-4-5-11(8-14)9-16/h7,11H,3-6,8-9H2,1-2H3. The molecule has 4 nitrogen and oxygen atoms in total. The van der Waals surface area contributed by atoms with Crippen LogP contribution >= 0.6 is 11.6 Å². The quantitative estimate of drug-likeness (QED) is 0.790. The van der Waals surface area contributed by atoms with Crippen molar-refractivity contribution >= 4 is 17.5 Å². The van der Waals surface area contributed by atoms with Crippen LogP contribution in [0, 0.1) is 12.8 Å². The fourth-order valence-electron chi connectivity index (χ4n) is 2.50. The van der Waals surface area contributed by atoms with Crippen LogP contribution < -0.4 is 0 Å². The fourth-order valence-corrected chi connectivity index (χ4v) is 2.75. The molecule has 0 saturated carbocycles. The van der Waals surface area contributed by atoms with Gasteiger partial charge in [-0.1, -0.05) is 0 Å². The van der Waals surface area contributed by atoms with Crippen LogP contribution in [0.3, 0.4) is 0 Å². The average Bonchev–Trinajstić information content (AvgIpc) is 2.79. The van der Waals surface area contributed by atoms with Gasteiger partial charge in [-0.2, -0.15) is 5.10 Å². The Hall–Kier alpha value is -1.03. The summed E-state index contributed by atoms with van der Waals surface area (Å²) in [6.07, 6.45) is 2.17. The molecule has 100 valence electrons. The Morgan fingerprint density at radius 2 is 2.39 bits per heavy atom. The lowest BCUT2D eigenvalue weighted by Crippen LogP contribution is -2.41. The highest BCUT2D eigenvalue weighted by Crippen LogP contribution is 2.20. The molecule has 1 aliphatic rings. The molecule has 1 aliphatic heterocycles. The molecule has 1 amide bonds. The number of hydrogen-bond acceptors (Lipinski definition) is 2. The summed E-state index contributed by atoms with van der Waals surface area (Å²) >= 11 is 5.90. The molecule has 0 bridgehead atoms. The highest BCUT2D eigenvalue weighted by molar-refractivity contribution is 6.18. The van der Waals surface area contributed by atoms with Gasteiger partial charge in [-0.25, -0.2) is 0 Å². The highest BCUT2D eigenvalue weighted by atomic mass is 35.5. The number of hydrogen-bond donors (Lipinski definition) is 0. The third-order valence-corrected chi connectivity index (χ3v) is 3.88. The molecule has 1 aromatic rings. The SMILES string of the molecule is CCn1nc(C)cc1C(=O)N1CCCC(CCl)C1. The first kappa shape index (κ1) is 13.4. The predicted molar refractivity (Wildman–Crippen MR) is 72.0 cm³/mol. The lowest BCUT2D eigenvalue weighted by Gasteiger charge is -2.31. The molecule has 1 saturated heterocycles. The Kier molecular flexibility index (Phi) is 4.27. The van der Waals surface area contributed by atoms with Gasteiger partial charge in [0.1, 0.15) is 5.69 Å². The van der Waals surface area contributed by atoms with Crippen molar-refractivity contribution in [3.8, 4) is 0 Å². The van der Waals surface area contributed by atoms with E-state index in [0.29, 0.717) is 17.5 Å². The van der Waals surface area contributed by atoms with Gasteiger partial charge in [-0.05, 0) is 38.7 Å². The molecule has 0 aliphatic carbocycles. The summed E-state index contributed by atoms with van der Waals surface area (Å²) in [4.78, 5) is 14.4. The maximum absolute atomic E-state index is 12.5. The van der Waals surface area contributed by atoms with Gasteiger partial charge >= 0.3 is 0 Å². The van der Waals surface area contributed by atoms with Gasteiger partial charge in [0, 0.05) is 25.5 Å². The number of rotatable bonds is 3. The molecule has 1 fully saturated rings. The molecule has 18 heavy (non-hydrogen) atoms. The lowest BCUT2D eigenvalue weighted by atomic mass is 10.00. The molecule has 0 spiro atoms. The topological polar surface area (TPSA) is 38.1 Å². The summed E-state index contributed by atoms with van der Waals surface area (Å²) in [7, 11) is 0. The number of carbonyl (C=O) groups is 1. The van der Waals surface area contributed by atoms with Gasteiger partial charge in [0.2, 0.25) is 0 Å². The minimum absolute atomic E-state index is 0.0901. The van der Waals surface area contributed by atoms with Gasteiger partial charge in [0.25, 0.3) is 5.91 Å². The van der Waals surface area contributed by atoms with E-state index in [1.165, 1.54) is 0 Å². The number of amides is 1. The molecule has 1 aromatic heterocycles. The minimum Gasteiger partial charge on any atom is -0.337 e. The Labute approximate surface area is 113 Å². The van der Waals surface area contributed by atoms with Crippen molar-refractivity contribution in [1.82, 2.24) is 14.7 Å². The smallest absolute Gasteiger partial charge is 0.272 e. The minimum atomic E-state index is 0.0901. The van der Waals surface area contributed by atoms with E-state index in [2.05, 4.69) is 5.10 Å². The Balaban J connectivity index is 2.14. The van der Waals surface area contributed by atoms with Gasteiger partial charge in [-0.3, -0.25) is 9.48 Å². The first-order valence-electron chi connectivity index (χ1n) is 6.55. The van der Waals surface area contributed by atoms with Crippen LogP contribution in [-0.2, 0) is 6.54 Å². The molecule has 5 heteroatoms. The molecule has 1 unspecified atom stereocenters. The van der Waals surface area contributed by atoms with E-state index in [9.17, 15) is 4.79 Å². The number of likely N-dealkylation sites (tertiary alicyclic amines) is 1.